The van der Waals surface area contributed by atoms with Gasteiger partial charge in [-0.25, -0.2) is 0 Å². The zero-order chi connectivity index (χ0) is 22.1. The van der Waals surface area contributed by atoms with Gasteiger partial charge in [-0.05, 0) is 68.2 Å². The van der Waals surface area contributed by atoms with Crippen molar-refractivity contribution in [1.29, 1.82) is 0 Å². The van der Waals surface area contributed by atoms with E-state index in [2.05, 4.69) is 104 Å². The first-order chi connectivity index (χ1) is 13.8. The van der Waals surface area contributed by atoms with E-state index < -0.39 is 8.07 Å². The molecule has 0 N–H and O–H groups in total. The van der Waals surface area contributed by atoms with Crippen LogP contribution in [0.1, 0.15) is 75.8 Å². The van der Waals surface area contributed by atoms with Gasteiger partial charge in [-0.1, -0.05) is 109 Å². The first-order valence-electron chi connectivity index (χ1n) is 11.5. The third-order valence-electron chi connectivity index (χ3n) is 6.71. The number of hydrogen-bond donors (Lipinski definition) is 0. The lowest BCUT2D eigenvalue weighted by molar-refractivity contribution is 0.589. The normalized spacial score (nSPS) is 16.0. The second-order valence-corrected chi connectivity index (χ2v) is 17.4. The Bertz CT molecular complexity index is 1070. The summed E-state index contributed by atoms with van der Waals surface area (Å²) in [6, 6.07) is 9.83. The van der Waals surface area contributed by atoms with Crippen molar-refractivity contribution in [1.82, 2.24) is 0 Å². The lowest BCUT2D eigenvalue weighted by Crippen LogP contribution is -2.44. The number of fused-ring (bicyclic) bond motifs is 3. The van der Waals surface area contributed by atoms with E-state index in [1.54, 1.807) is 21.9 Å². The predicted molar refractivity (Wildman–Crippen MR) is 137 cm³/mol. The minimum absolute atomic E-state index is 0.134. The van der Waals surface area contributed by atoms with Gasteiger partial charge in [0.1, 0.15) is 0 Å². The smallest absolute Gasteiger partial charge is 0.0780 e. The molecule has 2 aliphatic rings. The van der Waals surface area contributed by atoms with Gasteiger partial charge < -0.3 is 0 Å². The zero-order valence-corrected chi connectivity index (χ0v) is 21.5. The number of benzene rings is 2. The fourth-order valence-electron chi connectivity index (χ4n) is 5.16. The van der Waals surface area contributed by atoms with E-state index in [4.69, 9.17) is 0 Å². The van der Waals surface area contributed by atoms with Crippen molar-refractivity contribution in [3.63, 3.8) is 0 Å². The zero-order valence-electron chi connectivity index (χ0n) is 20.5. The molecule has 0 saturated heterocycles. The van der Waals surface area contributed by atoms with Gasteiger partial charge >= 0.3 is 0 Å². The van der Waals surface area contributed by atoms with E-state index >= 15 is 0 Å². The molecule has 4 rings (SSSR count). The summed E-state index contributed by atoms with van der Waals surface area (Å²) >= 11 is 0. The van der Waals surface area contributed by atoms with E-state index in [1.807, 2.05) is 0 Å². The highest BCUT2D eigenvalue weighted by molar-refractivity contribution is 6.89. The SMILES string of the molecule is CC(C)(C)c1ccc2c(c1)Cc1c-2cc([Si](C)(C)C)c(C(C)(C)C)c1C1=CC=CC1. The fraction of sp³-hybridized carbons (Fsp3) is 0.448. The number of hydrogen-bond acceptors (Lipinski definition) is 0. The van der Waals surface area contributed by atoms with Gasteiger partial charge in [-0.3, -0.25) is 0 Å². The molecular weight excluding hydrogens is 376 g/mol. The molecule has 158 valence electrons. The third-order valence-corrected chi connectivity index (χ3v) is 8.72. The quantitative estimate of drug-likeness (QED) is 0.376. The Morgan fingerprint density at radius 3 is 2.07 bits per heavy atom. The molecule has 2 aromatic rings. The van der Waals surface area contributed by atoms with E-state index in [1.165, 1.54) is 27.8 Å². The summed E-state index contributed by atoms with van der Waals surface area (Å²) in [4.78, 5) is 0. The van der Waals surface area contributed by atoms with Crippen molar-refractivity contribution >= 4 is 18.8 Å². The van der Waals surface area contributed by atoms with Crippen molar-refractivity contribution in [2.24, 2.45) is 0 Å². The average Bonchev–Trinajstić information content (AvgIpc) is 3.24. The molecule has 0 aromatic heterocycles. The first kappa shape index (κ1) is 21.4. The molecule has 0 saturated carbocycles. The summed E-state index contributed by atoms with van der Waals surface area (Å²) in [6.45, 7) is 21.7. The van der Waals surface area contributed by atoms with Gasteiger partial charge in [0, 0.05) is 0 Å². The lowest BCUT2D eigenvalue weighted by Gasteiger charge is -2.34. The molecule has 0 fully saturated rings. The molecule has 0 radical (unpaired) electrons. The van der Waals surface area contributed by atoms with Crippen LogP contribution < -0.4 is 5.19 Å². The largest absolute Gasteiger partial charge is 0.0801 e. The minimum Gasteiger partial charge on any atom is -0.0801 e. The van der Waals surface area contributed by atoms with Crippen molar-refractivity contribution in [3.8, 4) is 11.1 Å². The van der Waals surface area contributed by atoms with Crippen LogP contribution in [0.3, 0.4) is 0 Å². The van der Waals surface area contributed by atoms with Gasteiger partial charge in [0.05, 0.1) is 8.07 Å². The maximum atomic E-state index is 2.59. The Kier molecular flexibility index (Phi) is 4.86. The van der Waals surface area contributed by atoms with E-state index in [0.29, 0.717) is 0 Å². The van der Waals surface area contributed by atoms with E-state index in [-0.39, 0.29) is 10.8 Å². The predicted octanol–water partition coefficient (Wildman–Crippen LogP) is 7.74. The van der Waals surface area contributed by atoms with E-state index in [9.17, 15) is 0 Å². The summed E-state index contributed by atoms with van der Waals surface area (Å²) in [5.74, 6) is 0. The van der Waals surface area contributed by atoms with Crippen molar-refractivity contribution in [2.45, 2.75) is 84.9 Å². The Morgan fingerprint density at radius 2 is 1.53 bits per heavy atom. The molecule has 0 unspecified atom stereocenters. The molecular formula is C29H38Si. The fourth-order valence-corrected chi connectivity index (χ4v) is 6.99. The van der Waals surface area contributed by atoms with Crippen LogP contribution in [0, 0.1) is 0 Å². The molecule has 0 spiro atoms. The van der Waals surface area contributed by atoms with Crippen molar-refractivity contribution < 1.29 is 0 Å². The monoisotopic (exact) mass is 414 g/mol. The highest BCUT2D eigenvalue weighted by Gasteiger charge is 2.35. The number of rotatable bonds is 2. The molecule has 2 aliphatic carbocycles. The molecule has 0 nitrogen and oxygen atoms in total. The lowest BCUT2D eigenvalue weighted by atomic mass is 9.78. The maximum absolute atomic E-state index is 2.59. The summed E-state index contributed by atoms with van der Waals surface area (Å²) in [5, 5.41) is 1.64. The molecule has 0 aliphatic heterocycles. The van der Waals surface area contributed by atoms with Crippen molar-refractivity contribution in [2.75, 3.05) is 0 Å². The summed E-state index contributed by atoms with van der Waals surface area (Å²) < 4.78 is 0. The standard InChI is InChI=1S/C29H38Si/c1-28(2,3)21-14-15-22-20(16-21)17-24-23(22)18-25(30(7,8)9)27(29(4,5)6)26(24)19-12-10-11-13-19/h10-12,14-16,18H,13,17H2,1-9H3. The Labute approximate surface area is 185 Å². The Hall–Kier alpha value is -1.86. The first-order valence-corrected chi connectivity index (χ1v) is 15.0. The molecule has 0 bridgehead atoms. The highest BCUT2D eigenvalue weighted by atomic mass is 28.3. The van der Waals surface area contributed by atoms with Gasteiger partial charge in [-0.15, -0.1) is 0 Å². The highest BCUT2D eigenvalue weighted by Crippen LogP contribution is 2.46. The van der Waals surface area contributed by atoms with Crippen LogP contribution in [-0.4, -0.2) is 8.07 Å². The van der Waals surface area contributed by atoms with Gasteiger partial charge in [-0.2, -0.15) is 0 Å². The van der Waals surface area contributed by atoms with Crippen LogP contribution in [0.25, 0.3) is 16.7 Å². The molecule has 0 heterocycles. The van der Waals surface area contributed by atoms with Crippen LogP contribution in [0.5, 0.6) is 0 Å². The molecule has 2 aromatic carbocycles. The summed E-state index contributed by atoms with van der Waals surface area (Å²) in [6.07, 6.45) is 9.05. The van der Waals surface area contributed by atoms with Crippen LogP contribution in [0.15, 0.2) is 42.5 Å². The summed E-state index contributed by atoms with van der Waals surface area (Å²) in [7, 11) is -1.52. The average molecular weight is 415 g/mol. The third kappa shape index (κ3) is 3.56. The Balaban J connectivity index is 2.04. The van der Waals surface area contributed by atoms with Crippen molar-refractivity contribution in [3.05, 3.63) is 70.3 Å². The van der Waals surface area contributed by atoms with Crippen LogP contribution in [0.2, 0.25) is 19.6 Å². The van der Waals surface area contributed by atoms with E-state index in [0.717, 1.165) is 12.8 Å². The molecule has 30 heavy (non-hydrogen) atoms. The molecule has 0 atom stereocenters. The Morgan fingerprint density at radius 1 is 0.833 bits per heavy atom. The van der Waals surface area contributed by atoms with Gasteiger partial charge in [0.25, 0.3) is 0 Å². The maximum Gasteiger partial charge on any atom is 0.0780 e. The summed E-state index contributed by atoms with van der Waals surface area (Å²) in [5.41, 5.74) is 12.5. The van der Waals surface area contributed by atoms with Crippen LogP contribution >= 0.6 is 0 Å². The van der Waals surface area contributed by atoms with Gasteiger partial charge in [0.15, 0.2) is 0 Å². The second-order valence-electron chi connectivity index (χ2n) is 12.3. The molecule has 1 heteroatoms. The number of allylic oxidation sites excluding steroid dienone is 4. The van der Waals surface area contributed by atoms with Crippen LogP contribution in [-0.2, 0) is 17.3 Å². The minimum atomic E-state index is -1.52. The van der Waals surface area contributed by atoms with Gasteiger partial charge in [0.2, 0.25) is 0 Å². The van der Waals surface area contributed by atoms with Crippen LogP contribution in [0.4, 0.5) is 0 Å². The topological polar surface area (TPSA) is 0 Å². The second kappa shape index (κ2) is 6.82. The molecule has 0 amide bonds.